The van der Waals surface area contributed by atoms with Crippen LogP contribution in [0.1, 0.15) is 39.9 Å². The number of fused-ring (bicyclic) bond motifs is 1. The van der Waals surface area contributed by atoms with E-state index in [9.17, 15) is 19.2 Å². The van der Waals surface area contributed by atoms with Gasteiger partial charge in [-0.3, -0.25) is 19.7 Å². The van der Waals surface area contributed by atoms with E-state index >= 15 is 0 Å². The van der Waals surface area contributed by atoms with E-state index in [-0.39, 0.29) is 31.3 Å². The largest absolute Gasteiger partial charge is 0.333 e. The zero-order chi connectivity index (χ0) is 23.0. The molecule has 32 heavy (non-hydrogen) atoms. The number of carbonyl (C=O) groups excluding carboxylic acids is 4. The van der Waals surface area contributed by atoms with E-state index in [1.165, 1.54) is 9.21 Å². The van der Waals surface area contributed by atoms with E-state index in [0.717, 1.165) is 16.7 Å². The molecule has 10 heteroatoms. The van der Waals surface area contributed by atoms with Crippen LogP contribution in [-0.4, -0.2) is 34.7 Å². The van der Waals surface area contributed by atoms with E-state index in [1.54, 1.807) is 30.3 Å². The highest BCUT2D eigenvalue weighted by molar-refractivity contribution is 7.82. The molecule has 0 radical (unpaired) electrons. The Hall–Kier alpha value is -3.04. The third-order valence-corrected chi connectivity index (χ3v) is 6.44. The smallest absolute Gasteiger partial charge is 0.332 e. The number of halogens is 1. The van der Waals surface area contributed by atoms with Gasteiger partial charge in [0.15, 0.2) is 0 Å². The Morgan fingerprint density at radius 3 is 2.75 bits per heavy atom. The normalized spacial score (nSPS) is 17.8. The molecule has 0 bridgehead atoms. The lowest BCUT2D eigenvalue weighted by Gasteiger charge is -2.29. The quantitative estimate of drug-likeness (QED) is 0.470. The number of piperidine rings is 1. The first-order valence-electron chi connectivity index (χ1n) is 10.0. The molecule has 8 nitrogen and oxygen atoms in total. The van der Waals surface area contributed by atoms with Crippen molar-refractivity contribution in [3.8, 4) is 0 Å². The van der Waals surface area contributed by atoms with Crippen molar-refractivity contribution in [2.75, 3.05) is 4.31 Å². The molecule has 0 saturated carbocycles. The molecule has 5 amide bonds. The highest BCUT2D eigenvalue weighted by atomic mass is 35.5. The molecule has 1 saturated heterocycles. The summed E-state index contributed by atoms with van der Waals surface area (Å²) in [4.78, 5) is 50.3. The topological polar surface area (TPSA) is 98.8 Å². The number of carbonyl (C=O) groups is 4. The number of hydrogen-bond donors (Lipinski definition) is 3. The number of urea groups is 1. The van der Waals surface area contributed by atoms with Crippen molar-refractivity contribution in [3.63, 3.8) is 0 Å². The van der Waals surface area contributed by atoms with Crippen LogP contribution in [-0.2, 0) is 22.7 Å². The molecule has 0 aromatic heterocycles. The molecule has 166 valence electrons. The number of hydrogen-bond acceptors (Lipinski definition) is 5. The lowest BCUT2D eigenvalue weighted by atomic mass is 10.0. The fourth-order valence-corrected chi connectivity index (χ4v) is 4.19. The minimum absolute atomic E-state index is 0.209. The van der Waals surface area contributed by atoms with Gasteiger partial charge in [-0.25, -0.2) is 9.10 Å². The van der Waals surface area contributed by atoms with Crippen LogP contribution in [0.3, 0.4) is 0 Å². The number of imide groups is 1. The van der Waals surface area contributed by atoms with Gasteiger partial charge in [-0.2, -0.15) is 0 Å². The first-order valence-corrected chi connectivity index (χ1v) is 10.8. The van der Waals surface area contributed by atoms with Crippen LogP contribution in [0.4, 0.5) is 10.5 Å². The summed E-state index contributed by atoms with van der Waals surface area (Å²) < 4.78 is 1.17. The lowest BCUT2D eigenvalue weighted by Crippen LogP contribution is -2.52. The second-order valence-electron chi connectivity index (χ2n) is 7.80. The van der Waals surface area contributed by atoms with E-state index in [2.05, 4.69) is 23.4 Å². The Kier molecular flexibility index (Phi) is 6.12. The number of benzene rings is 2. The molecule has 0 aliphatic carbocycles. The van der Waals surface area contributed by atoms with Crippen LogP contribution in [0.25, 0.3) is 0 Å². The van der Waals surface area contributed by atoms with Crippen molar-refractivity contribution >= 4 is 53.9 Å². The molecule has 4 rings (SSSR count). The molecule has 2 aromatic carbocycles. The molecular formula is C22H21ClN4O4S. The summed E-state index contributed by atoms with van der Waals surface area (Å²) >= 11 is 10.4. The Labute approximate surface area is 195 Å². The molecule has 1 atom stereocenters. The molecule has 2 aromatic rings. The Morgan fingerprint density at radius 2 is 2.03 bits per heavy atom. The van der Waals surface area contributed by atoms with Gasteiger partial charge in [0.05, 0.1) is 5.69 Å². The molecule has 2 aliphatic rings. The zero-order valence-electron chi connectivity index (χ0n) is 17.2. The summed E-state index contributed by atoms with van der Waals surface area (Å²) in [6, 6.07) is 9.43. The average molecular weight is 473 g/mol. The number of anilines is 1. The molecule has 1 unspecified atom stereocenters. The SMILES string of the molecule is Cc1ccc(N(S)C(=O)NCc2ccc3c(c2)CN(C2CCC(=O)NC2=O)C3=O)cc1Cl. The van der Waals surface area contributed by atoms with Gasteiger partial charge in [-0.05, 0) is 48.2 Å². The van der Waals surface area contributed by atoms with Crippen LogP contribution < -0.4 is 14.9 Å². The van der Waals surface area contributed by atoms with Crippen molar-refractivity contribution in [1.82, 2.24) is 15.5 Å². The van der Waals surface area contributed by atoms with Gasteiger partial charge in [0, 0.05) is 30.1 Å². The third-order valence-electron chi connectivity index (χ3n) is 5.62. The maximum Gasteiger partial charge on any atom is 0.332 e. The highest BCUT2D eigenvalue weighted by Gasteiger charge is 2.39. The number of nitrogens with one attached hydrogen (secondary N) is 2. The van der Waals surface area contributed by atoms with Gasteiger partial charge in [-0.15, -0.1) is 0 Å². The van der Waals surface area contributed by atoms with Crippen LogP contribution in [0, 0.1) is 6.92 Å². The molecular weight excluding hydrogens is 452 g/mol. The van der Waals surface area contributed by atoms with Gasteiger partial charge >= 0.3 is 6.03 Å². The van der Waals surface area contributed by atoms with Crippen LogP contribution in [0.15, 0.2) is 36.4 Å². The Balaban J connectivity index is 1.41. The van der Waals surface area contributed by atoms with E-state index in [0.29, 0.717) is 22.7 Å². The minimum atomic E-state index is -0.658. The van der Waals surface area contributed by atoms with Crippen molar-refractivity contribution in [2.24, 2.45) is 0 Å². The number of nitrogens with zero attached hydrogens (tertiary/aromatic N) is 2. The molecule has 2 heterocycles. The number of thiol groups is 1. The van der Waals surface area contributed by atoms with Gasteiger partial charge < -0.3 is 10.2 Å². The van der Waals surface area contributed by atoms with Crippen LogP contribution >= 0.6 is 24.4 Å². The first-order chi connectivity index (χ1) is 15.2. The van der Waals surface area contributed by atoms with E-state index in [4.69, 9.17) is 11.6 Å². The Bertz CT molecular complexity index is 1140. The highest BCUT2D eigenvalue weighted by Crippen LogP contribution is 2.28. The van der Waals surface area contributed by atoms with Gasteiger partial charge in [0.1, 0.15) is 6.04 Å². The average Bonchev–Trinajstić information content (AvgIpc) is 3.09. The predicted octanol–water partition coefficient (Wildman–Crippen LogP) is 2.97. The fourth-order valence-electron chi connectivity index (χ4n) is 3.82. The maximum atomic E-state index is 12.8. The van der Waals surface area contributed by atoms with Crippen molar-refractivity contribution in [3.05, 3.63) is 63.7 Å². The number of rotatable bonds is 4. The Morgan fingerprint density at radius 1 is 1.25 bits per heavy atom. The minimum Gasteiger partial charge on any atom is -0.333 e. The summed E-state index contributed by atoms with van der Waals surface area (Å²) in [7, 11) is 0. The van der Waals surface area contributed by atoms with Crippen molar-refractivity contribution in [1.29, 1.82) is 0 Å². The van der Waals surface area contributed by atoms with Gasteiger partial charge in [-0.1, -0.05) is 42.6 Å². The van der Waals surface area contributed by atoms with E-state index < -0.39 is 18.0 Å². The second kappa shape index (κ2) is 8.84. The second-order valence-corrected chi connectivity index (χ2v) is 8.60. The molecule has 0 spiro atoms. The zero-order valence-corrected chi connectivity index (χ0v) is 18.9. The van der Waals surface area contributed by atoms with Crippen LogP contribution in [0.5, 0.6) is 0 Å². The summed E-state index contributed by atoms with van der Waals surface area (Å²) in [5, 5.41) is 5.62. The van der Waals surface area contributed by atoms with Crippen molar-refractivity contribution < 1.29 is 19.2 Å². The summed E-state index contributed by atoms with van der Waals surface area (Å²) in [5.41, 5.74) is 3.55. The summed E-state index contributed by atoms with van der Waals surface area (Å²) in [6.07, 6.45) is 0.522. The van der Waals surface area contributed by atoms with Crippen LogP contribution in [0.2, 0.25) is 5.02 Å². The summed E-state index contributed by atoms with van der Waals surface area (Å²) in [5.74, 6) is -0.998. The number of amides is 5. The maximum absolute atomic E-state index is 12.8. The summed E-state index contributed by atoms with van der Waals surface area (Å²) in [6.45, 7) is 2.38. The van der Waals surface area contributed by atoms with Gasteiger partial charge in [0.25, 0.3) is 5.91 Å². The molecule has 1 fully saturated rings. The fraction of sp³-hybridized carbons (Fsp3) is 0.273. The standard InChI is InChI=1S/C22H21ClN4O4S/c1-12-2-4-15(9-17(12)23)27(32)22(31)24-10-13-3-5-16-14(8-13)11-26(21(16)30)18-6-7-19(28)25-20(18)29/h2-5,8-9,18,32H,6-7,10-11H2,1H3,(H,24,31)(H,25,28,29). The number of aryl methyl sites for hydroxylation is 1. The van der Waals surface area contributed by atoms with E-state index in [1.807, 2.05) is 13.0 Å². The van der Waals surface area contributed by atoms with Gasteiger partial charge in [0.2, 0.25) is 11.8 Å². The monoisotopic (exact) mass is 472 g/mol. The van der Waals surface area contributed by atoms with Crippen molar-refractivity contribution in [2.45, 2.75) is 38.9 Å². The lowest BCUT2D eigenvalue weighted by molar-refractivity contribution is -0.136. The predicted molar refractivity (Wildman–Crippen MR) is 122 cm³/mol. The third kappa shape index (κ3) is 4.31. The first kappa shape index (κ1) is 22.2. The molecule has 2 aliphatic heterocycles. The molecule has 2 N–H and O–H groups in total.